The van der Waals surface area contributed by atoms with Crippen LogP contribution in [0, 0.1) is 11.8 Å². The van der Waals surface area contributed by atoms with Gasteiger partial charge in [-0.3, -0.25) is 0 Å². The van der Waals surface area contributed by atoms with Gasteiger partial charge < -0.3 is 0 Å². The minimum absolute atomic E-state index is 0.0399. The van der Waals surface area contributed by atoms with Crippen molar-refractivity contribution in [2.75, 3.05) is 0 Å². The van der Waals surface area contributed by atoms with Gasteiger partial charge in [-0.25, -0.2) is 4.79 Å². The number of isocyanates is 1. The van der Waals surface area contributed by atoms with Crippen molar-refractivity contribution in [3.63, 3.8) is 0 Å². The molecule has 2 heteroatoms. The molecule has 2 nitrogen and oxygen atoms in total. The number of hydrogen-bond acceptors (Lipinski definition) is 2. The van der Waals surface area contributed by atoms with Crippen LogP contribution >= 0.6 is 0 Å². The highest BCUT2D eigenvalue weighted by atomic mass is 16.1. The lowest BCUT2D eigenvalue weighted by molar-refractivity contribution is 0.391. The summed E-state index contributed by atoms with van der Waals surface area (Å²) in [5.41, 5.74) is 0.0399. The van der Waals surface area contributed by atoms with E-state index in [1.54, 1.807) is 6.08 Å². The van der Waals surface area contributed by atoms with Gasteiger partial charge in [0.2, 0.25) is 6.08 Å². The van der Waals surface area contributed by atoms with E-state index in [-0.39, 0.29) is 5.54 Å². The zero-order valence-electron chi connectivity index (χ0n) is 7.55. The maximum atomic E-state index is 10.3. The smallest absolute Gasteiger partial charge is 0.211 e. The molecule has 2 fully saturated rings. The molecule has 0 saturated heterocycles. The quantitative estimate of drug-likeness (QED) is 0.456. The third-order valence-corrected chi connectivity index (χ3v) is 3.64. The first-order valence-corrected chi connectivity index (χ1v) is 4.88. The van der Waals surface area contributed by atoms with Crippen LogP contribution in [0.3, 0.4) is 0 Å². The average molecular weight is 165 g/mol. The molecular formula is C10H15NO. The van der Waals surface area contributed by atoms with Gasteiger partial charge in [-0.2, -0.15) is 4.99 Å². The van der Waals surface area contributed by atoms with Crippen molar-refractivity contribution in [1.29, 1.82) is 0 Å². The molecule has 12 heavy (non-hydrogen) atoms. The van der Waals surface area contributed by atoms with Gasteiger partial charge >= 0.3 is 0 Å². The van der Waals surface area contributed by atoms with Crippen LogP contribution in [-0.2, 0) is 4.79 Å². The van der Waals surface area contributed by atoms with E-state index in [0.29, 0.717) is 11.8 Å². The number of aliphatic imine (C=N–C) groups is 1. The van der Waals surface area contributed by atoms with Gasteiger partial charge in [0.15, 0.2) is 0 Å². The predicted octanol–water partition coefficient (Wildman–Crippen LogP) is 2.29. The van der Waals surface area contributed by atoms with Gasteiger partial charge in [-0.05, 0) is 31.1 Å². The molecule has 66 valence electrons. The average Bonchev–Trinajstić information content (AvgIpc) is 2.56. The Bertz CT molecular complexity index is 226. The number of hydrogen-bond donors (Lipinski definition) is 0. The third-order valence-electron chi connectivity index (χ3n) is 3.64. The summed E-state index contributed by atoms with van der Waals surface area (Å²) in [7, 11) is 0. The Labute approximate surface area is 73.1 Å². The number of carbonyl (C=O) groups excluding carboxylic acids is 1. The molecule has 0 N–H and O–H groups in total. The van der Waals surface area contributed by atoms with E-state index in [2.05, 4.69) is 11.9 Å². The Morgan fingerprint density at radius 2 is 2.00 bits per heavy atom. The highest BCUT2D eigenvalue weighted by molar-refractivity contribution is 5.37. The van der Waals surface area contributed by atoms with Crippen LogP contribution in [0.2, 0.25) is 0 Å². The minimum atomic E-state index is 0.0399. The second-order valence-electron chi connectivity index (χ2n) is 4.28. The zero-order valence-corrected chi connectivity index (χ0v) is 7.55. The largest absolute Gasteiger partial charge is 0.235 e. The summed E-state index contributed by atoms with van der Waals surface area (Å²) < 4.78 is 0. The van der Waals surface area contributed by atoms with Crippen LogP contribution in [0.5, 0.6) is 0 Å². The molecule has 0 heterocycles. The molecule has 2 aliphatic rings. The molecule has 0 aromatic heterocycles. The Hall–Kier alpha value is -0.620. The van der Waals surface area contributed by atoms with Crippen molar-refractivity contribution in [3.8, 4) is 0 Å². The van der Waals surface area contributed by atoms with E-state index < -0.39 is 0 Å². The summed E-state index contributed by atoms with van der Waals surface area (Å²) in [5, 5.41) is 0. The Kier molecular flexibility index (Phi) is 1.80. The SMILES string of the molecule is CC1CC1(N=C=O)C1CCCC1. The van der Waals surface area contributed by atoms with E-state index in [4.69, 9.17) is 0 Å². The molecule has 0 amide bonds. The molecule has 0 spiro atoms. The van der Waals surface area contributed by atoms with Crippen molar-refractivity contribution in [2.24, 2.45) is 16.8 Å². The van der Waals surface area contributed by atoms with Crippen LogP contribution in [0.25, 0.3) is 0 Å². The van der Waals surface area contributed by atoms with Crippen molar-refractivity contribution in [2.45, 2.75) is 44.6 Å². The van der Waals surface area contributed by atoms with Gasteiger partial charge in [0.1, 0.15) is 0 Å². The highest BCUT2D eigenvalue weighted by Gasteiger charge is 2.57. The van der Waals surface area contributed by atoms with E-state index >= 15 is 0 Å². The second-order valence-corrected chi connectivity index (χ2v) is 4.28. The normalized spacial score (nSPS) is 40.9. The molecule has 2 saturated carbocycles. The van der Waals surface area contributed by atoms with E-state index in [0.717, 1.165) is 6.42 Å². The first-order chi connectivity index (χ1) is 5.79. The van der Waals surface area contributed by atoms with Gasteiger partial charge in [-0.1, -0.05) is 19.8 Å². The zero-order chi connectivity index (χ0) is 8.60. The predicted molar refractivity (Wildman–Crippen MR) is 46.6 cm³/mol. The monoisotopic (exact) mass is 165 g/mol. The second kappa shape index (κ2) is 2.70. The summed E-state index contributed by atoms with van der Waals surface area (Å²) >= 11 is 0. The summed E-state index contributed by atoms with van der Waals surface area (Å²) in [5.74, 6) is 1.32. The number of rotatable bonds is 2. The van der Waals surface area contributed by atoms with Gasteiger partial charge in [0, 0.05) is 0 Å². The molecule has 2 atom stereocenters. The molecule has 0 aromatic carbocycles. The van der Waals surface area contributed by atoms with Crippen molar-refractivity contribution < 1.29 is 4.79 Å². The fourth-order valence-corrected chi connectivity index (χ4v) is 2.76. The van der Waals surface area contributed by atoms with Crippen molar-refractivity contribution in [3.05, 3.63) is 0 Å². The molecule has 0 bridgehead atoms. The minimum Gasteiger partial charge on any atom is -0.211 e. The Morgan fingerprint density at radius 3 is 2.42 bits per heavy atom. The van der Waals surface area contributed by atoms with Crippen LogP contribution in [0.4, 0.5) is 0 Å². The molecule has 2 unspecified atom stereocenters. The van der Waals surface area contributed by atoms with E-state index in [9.17, 15) is 4.79 Å². The molecule has 2 aliphatic carbocycles. The van der Waals surface area contributed by atoms with Crippen LogP contribution in [0.1, 0.15) is 39.0 Å². The van der Waals surface area contributed by atoms with Gasteiger partial charge in [0.25, 0.3) is 0 Å². The molecule has 0 aliphatic heterocycles. The van der Waals surface area contributed by atoms with Gasteiger partial charge in [0.05, 0.1) is 5.54 Å². The summed E-state index contributed by atoms with van der Waals surface area (Å²) in [4.78, 5) is 14.3. The summed E-state index contributed by atoms with van der Waals surface area (Å²) in [6, 6.07) is 0. The lowest BCUT2D eigenvalue weighted by atomic mass is 9.94. The molecule has 0 aromatic rings. The first-order valence-electron chi connectivity index (χ1n) is 4.88. The summed E-state index contributed by atoms with van der Waals surface area (Å²) in [6.45, 7) is 2.19. The lowest BCUT2D eigenvalue weighted by Crippen LogP contribution is -2.19. The lowest BCUT2D eigenvalue weighted by Gasteiger charge is -2.16. The fourth-order valence-electron chi connectivity index (χ4n) is 2.76. The molecule has 0 radical (unpaired) electrons. The van der Waals surface area contributed by atoms with Crippen LogP contribution in [0.15, 0.2) is 4.99 Å². The summed E-state index contributed by atoms with van der Waals surface area (Å²) in [6.07, 6.45) is 8.07. The van der Waals surface area contributed by atoms with E-state index in [1.165, 1.54) is 25.7 Å². The Balaban J connectivity index is 2.12. The number of nitrogens with zero attached hydrogens (tertiary/aromatic N) is 1. The Morgan fingerprint density at radius 1 is 1.42 bits per heavy atom. The standard InChI is InChI=1S/C10H15NO/c1-8-6-10(8,11-7-12)9-4-2-3-5-9/h8-9H,2-6H2,1H3. The van der Waals surface area contributed by atoms with E-state index in [1.807, 2.05) is 0 Å². The maximum absolute atomic E-state index is 10.3. The first kappa shape index (κ1) is 8.00. The van der Waals surface area contributed by atoms with Gasteiger partial charge in [-0.15, -0.1) is 0 Å². The topological polar surface area (TPSA) is 29.4 Å². The molecular weight excluding hydrogens is 150 g/mol. The van der Waals surface area contributed by atoms with Crippen LogP contribution < -0.4 is 0 Å². The third kappa shape index (κ3) is 1.02. The maximum Gasteiger partial charge on any atom is 0.235 e. The van der Waals surface area contributed by atoms with Crippen molar-refractivity contribution >= 4 is 6.08 Å². The van der Waals surface area contributed by atoms with Crippen molar-refractivity contribution in [1.82, 2.24) is 0 Å². The highest BCUT2D eigenvalue weighted by Crippen LogP contribution is 2.56. The fraction of sp³-hybridized carbons (Fsp3) is 0.900. The molecule has 2 rings (SSSR count). The van der Waals surface area contributed by atoms with Crippen LogP contribution in [-0.4, -0.2) is 11.6 Å².